The van der Waals surface area contributed by atoms with Crippen molar-refractivity contribution in [1.29, 1.82) is 0 Å². The van der Waals surface area contributed by atoms with Crippen LogP contribution in [0, 0.1) is 0 Å². The Morgan fingerprint density at radius 2 is 2.78 bits per heavy atom. The highest BCUT2D eigenvalue weighted by Gasteiger charge is 2.06. The molecule has 0 aliphatic carbocycles. The largest absolute Gasteiger partial charge is 0.464 e. The highest BCUT2D eigenvalue weighted by atomic mass is 32.2. The number of rotatable bonds is 1. The van der Waals surface area contributed by atoms with Crippen molar-refractivity contribution in [3.8, 4) is 0 Å². The third kappa shape index (κ3) is 1.80. The van der Waals surface area contributed by atoms with Gasteiger partial charge in [0.25, 0.3) is 0 Å². The molecule has 0 aromatic heterocycles. The summed E-state index contributed by atoms with van der Waals surface area (Å²) >= 11 is 1.43. The molecule has 0 saturated heterocycles. The van der Waals surface area contributed by atoms with Crippen molar-refractivity contribution in [2.45, 2.75) is 0 Å². The zero-order valence-corrected chi connectivity index (χ0v) is 5.26. The van der Waals surface area contributed by atoms with Crippen LogP contribution in [-0.4, -0.2) is 27.7 Å². The van der Waals surface area contributed by atoms with Crippen LogP contribution in [0.25, 0.3) is 0 Å². The Balaban J connectivity index is 2.28. The van der Waals surface area contributed by atoms with Crippen molar-refractivity contribution in [3.05, 3.63) is 0 Å². The second kappa shape index (κ2) is 2.58. The van der Waals surface area contributed by atoms with Crippen molar-refractivity contribution in [2.24, 2.45) is 5.10 Å². The van der Waals surface area contributed by atoms with Gasteiger partial charge in [-0.05, 0) is 0 Å². The second-order valence-electron chi connectivity index (χ2n) is 1.33. The van der Waals surface area contributed by atoms with E-state index < -0.39 is 6.09 Å². The molecule has 0 bridgehead atoms. The van der Waals surface area contributed by atoms with Gasteiger partial charge in [-0.3, -0.25) is 0 Å². The number of carboxylic acid groups (broad SMARTS) is 1. The van der Waals surface area contributed by atoms with Gasteiger partial charge >= 0.3 is 6.09 Å². The van der Waals surface area contributed by atoms with E-state index >= 15 is 0 Å². The minimum Gasteiger partial charge on any atom is -0.464 e. The molecule has 0 atom stereocenters. The molecule has 1 aliphatic rings. The molecule has 0 saturated carbocycles. The number of hydrazone groups is 1. The van der Waals surface area contributed by atoms with Crippen molar-refractivity contribution < 1.29 is 9.90 Å². The van der Waals surface area contributed by atoms with Gasteiger partial charge in [-0.15, -0.1) is 0 Å². The Hall–Kier alpha value is -0.910. The van der Waals surface area contributed by atoms with Gasteiger partial charge in [-0.1, -0.05) is 11.8 Å². The molecule has 1 amide bonds. The Kier molecular flexibility index (Phi) is 1.78. The minimum atomic E-state index is -1.09. The van der Waals surface area contributed by atoms with Crippen LogP contribution in [0.2, 0.25) is 0 Å². The van der Waals surface area contributed by atoms with E-state index in [2.05, 4.69) is 10.5 Å². The number of hydrogen-bond donors (Lipinski definition) is 2. The average molecular weight is 147 g/mol. The highest BCUT2D eigenvalue weighted by Crippen LogP contribution is 2.05. The zero-order chi connectivity index (χ0) is 6.69. The topological polar surface area (TPSA) is 64.9 Å². The highest BCUT2D eigenvalue weighted by molar-refractivity contribution is 8.12. The van der Waals surface area contributed by atoms with E-state index in [0.29, 0.717) is 5.88 Å². The summed E-state index contributed by atoms with van der Waals surface area (Å²) in [5.74, 6) is 0.548. The molecule has 6 heteroatoms. The summed E-state index contributed by atoms with van der Waals surface area (Å²) in [6, 6.07) is 0. The first-order valence-electron chi connectivity index (χ1n) is 2.20. The predicted molar refractivity (Wildman–Crippen MR) is 33.9 cm³/mol. The lowest BCUT2D eigenvalue weighted by Crippen LogP contribution is -2.35. The van der Waals surface area contributed by atoms with E-state index in [4.69, 9.17) is 5.11 Å². The smallest absolute Gasteiger partial charge is 0.424 e. The normalized spacial score (nSPS) is 16.2. The van der Waals surface area contributed by atoms with Crippen LogP contribution in [0.5, 0.6) is 0 Å². The third-order valence-corrected chi connectivity index (χ3v) is 1.32. The lowest BCUT2D eigenvalue weighted by molar-refractivity contribution is 0.155. The van der Waals surface area contributed by atoms with E-state index in [1.807, 2.05) is 0 Å². The predicted octanol–water partition coefficient (Wildman–Crippen LogP) is 0.119. The van der Waals surface area contributed by atoms with Gasteiger partial charge in [-0.2, -0.15) is 10.2 Å². The van der Waals surface area contributed by atoms with Gasteiger partial charge < -0.3 is 5.11 Å². The van der Waals surface area contributed by atoms with Crippen LogP contribution in [0.4, 0.5) is 4.79 Å². The molecule has 0 spiro atoms. The molecule has 1 aliphatic heterocycles. The Labute approximate surface area is 55.7 Å². The van der Waals surface area contributed by atoms with Crippen molar-refractivity contribution in [2.75, 3.05) is 5.88 Å². The molecular formula is C3H5N3O2S. The third-order valence-electron chi connectivity index (χ3n) is 0.683. The fourth-order valence-electron chi connectivity index (χ4n) is 0.399. The molecule has 50 valence electrons. The summed E-state index contributed by atoms with van der Waals surface area (Å²) in [5.41, 5.74) is 3.65. The van der Waals surface area contributed by atoms with Crippen LogP contribution in [0.1, 0.15) is 0 Å². The minimum absolute atomic E-state index is 0.548. The Morgan fingerprint density at radius 1 is 2.00 bits per heavy atom. The van der Waals surface area contributed by atoms with E-state index in [-0.39, 0.29) is 0 Å². The monoisotopic (exact) mass is 147 g/mol. The number of hydrazine groups is 1. The first kappa shape index (κ1) is 6.21. The second-order valence-corrected chi connectivity index (χ2v) is 2.14. The van der Waals surface area contributed by atoms with Gasteiger partial charge in [0.2, 0.25) is 0 Å². The maximum atomic E-state index is 9.92. The van der Waals surface area contributed by atoms with Crippen molar-refractivity contribution >= 4 is 23.4 Å². The lowest BCUT2D eigenvalue weighted by atomic mass is 11.2. The molecule has 0 radical (unpaired) electrons. The van der Waals surface area contributed by atoms with Crippen LogP contribution in [-0.2, 0) is 0 Å². The summed E-state index contributed by atoms with van der Waals surface area (Å²) < 4.78 is 0. The molecule has 1 heterocycles. The fourth-order valence-corrected chi connectivity index (χ4v) is 0.919. The fraction of sp³-hybridized carbons (Fsp3) is 0.333. The molecular weight excluding hydrogens is 142 g/mol. The summed E-state index contributed by atoms with van der Waals surface area (Å²) in [6.07, 6.45) is -1.09. The summed E-state index contributed by atoms with van der Waals surface area (Å²) in [4.78, 5) is 9.92. The van der Waals surface area contributed by atoms with Crippen LogP contribution < -0.4 is 5.43 Å². The Morgan fingerprint density at radius 3 is 3.22 bits per heavy atom. The molecule has 0 unspecified atom stereocenters. The number of nitrogens with one attached hydrogen (secondary N) is 1. The maximum absolute atomic E-state index is 9.92. The molecule has 9 heavy (non-hydrogen) atoms. The van der Waals surface area contributed by atoms with Crippen LogP contribution in [0.15, 0.2) is 5.10 Å². The SMILES string of the molecule is O=C(O)NN1CSC=N1. The number of thioether (sulfide) groups is 1. The van der Waals surface area contributed by atoms with Gasteiger partial charge in [0.15, 0.2) is 0 Å². The first-order valence-corrected chi connectivity index (χ1v) is 3.25. The van der Waals surface area contributed by atoms with Gasteiger partial charge in [0.1, 0.15) is 5.88 Å². The van der Waals surface area contributed by atoms with Crippen molar-refractivity contribution in [3.63, 3.8) is 0 Å². The molecule has 2 N–H and O–H groups in total. The molecule has 5 nitrogen and oxygen atoms in total. The number of nitrogens with zero attached hydrogens (tertiary/aromatic N) is 2. The lowest BCUT2D eigenvalue weighted by Gasteiger charge is -2.09. The van der Waals surface area contributed by atoms with E-state index in [0.717, 1.165) is 0 Å². The van der Waals surface area contributed by atoms with E-state index in [1.165, 1.54) is 16.9 Å². The standard InChI is InChI=1S/C3H5N3O2S/c7-3(8)5-6-2-9-1-4-6/h1,5H,2H2,(H,7,8). The van der Waals surface area contributed by atoms with Gasteiger partial charge in [0.05, 0.1) is 5.55 Å². The number of carbonyl (C=O) groups is 1. The number of amides is 1. The molecule has 0 aromatic carbocycles. The molecule has 0 fully saturated rings. The average Bonchev–Trinajstić information content (AvgIpc) is 2.15. The summed E-state index contributed by atoms with van der Waals surface area (Å²) in [5, 5.41) is 13.0. The van der Waals surface area contributed by atoms with Crippen LogP contribution in [0.3, 0.4) is 0 Å². The quantitative estimate of drug-likeness (QED) is 0.552. The van der Waals surface area contributed by atoms with E-state index in [1.54, 1.807) is 5.55 Å². The summed E-state index contributed by atoms with van der Waals surface area (Å²) in [7, 11) is 0. The molecule has 0 aromatic rings. The summed E-state index contributed by atoms with van der Waals surface area (Å²) in [6.45, 7) is 0. The first-order chi connectivity index (χ1) is 4.29. The van der Waals surface area contributed by atoms with E-state index in [9.17, 15) is 4.79 Å². The molecule has 1 rings (SSSR count). The van der Waals surface area contributed by atoms with Gasteiger partial charge in [-0.25, -0.2) is 10.2 Å². The number of hydrogen-bond acceptors (Lipinski definition) is 4. The maximum Gasteiger partial charge on any atom is 0.424 e. The zero-order valence-electron chi connectivity index (χ0n) is 4.44. The van der Waals surface area contributed by atoms with Crippen molar-refractivity contribution in [1.82, 2.24) is 10.5 Å². The van der Waals surface area contributed by atoms with Gasteiger partial charge in [0, 0.05) is 0 Å². The Bertz CT molecular complexity index is 148. The van der Waals surface area contributed by atoms with Crippen LogP contribution >= 0.6 is 11.8 Å².